The van der Waals surface area contributed by atoms with Crippen molar-refractivity contribution in [3.8, 4) is 11.5 Å². The molecule has 0 unspecified atom stereocenters. The lowest BCUT2D eigenvalue weighted by molar-refractivity contribution is 0.354. The third-order valence-electron chi connectivity index (χ3n) is 4.58. The van der Waals surface area contributed by atoms with E-state index in [1.165, 1.54) is 32.4 Å². The molecule has 0 atom stereocenters. The van der Waals surface area contributed by atoms with Crippen molar-refractivity contribution >= 4 is 16.0 Å². The van der Waals surface area contributed by atoms with Gasteiger partial charge in [-0.05, 0) is 31.5 Å². The number of hydrogen-bond acceptors (Lipinski definition) is 6. The van der Waals surface area contributed by atoms with Gasteiger partial charge >= 0.3 is 0 Å². The number of nitrogens with zero attached hydrogens (tertiary/aromatic N) is 1. The highest BCUT2D eigenvalue weighted by atomic mass is 32.2. The highest BCUT2D eigenvalue weighted by Crippen LogP contribution is 2.29. The summed E-state index contributed by atoms with van der Waals surface area (Å²) in [5.41, 5.74) is 2.60. The van der Waals surface area contributed by atoms with E-state index in [9.17, 15) is 13.2 Å². The molecule has 2 aromatic carbocycles. The molecule has 3 rings (SSSR count). The van der Waals surface area contributed by atoms with Crippen molar-refractivity contribution in [3.05, 3.63) is 75.2 Å². The van der Waals surface area contributed by atoms with Crippen LogP contribution in [0.2, 0.25) is 0 Å². The number of ether oxygens (including phenoxy) is 2. The molecule has 30 heavy (non-hydrogen) atoms. The second kappa shape index (κ2) is 8.58. The fraction of sp³-hybridized carbons (Fsp3) is 0.238. The Morgan fingerprint density at radius 1 is 1.03 bits per heavy atom. The van der Waals surface area contributed by atoms with Crippen LogP contribution in [0.1, 0.15) is 22.4 Å². The van der Waals surface area contributed by atoms with Crippen molar-refractivity contribution in [3.63, 3.8) is 0 Å². The number of sulfonamides is 1. The van der Waals surface area contributed by atoms with Crippen LogP contribution >= 0.6 is 0 Å². The molecule has 0 amide bonds. The minimum absolute atomic E-state index is 0.0516. The highest BCUT2D eigenvalue weighted by Gasteiger charge is 2.19. The monoisotopic (exact) mass is 429 g/mol. The Bertz CT molecular complexity index is 1240. The van der Waals surface area contributed by atoms with Crippen LogP contribution in [0.5, 0.6) is 11.5 Å². The zero-order valence-corrected chi connectivity index (χ0v) is 18.0. The van der Waals surface area contributed by atoms with Gasteiger partial charge in [-0.25, -0.2) is 18.1 Å². The summed E-state index contributed by atoms with van der Waals surface area (Å²) in [6.07, 6.45) is 0.401. The third kappa shape index (κ3) is 4.62. The smallest absolute Gasteiger partial charge is 0.264 e. The van der Waals surface area contributed by atoms with Crippen LogP contribution < -0.4 is 19.8 Å². The van der Waals surface area contributed by atoms with Gasteiger partial charge in [-0.3, -0.25) is 9.78 Å². The first kappa shape index (κ1) is 21.4. The Labute approximate surface area is 175 Å². The third-order valence-corrected chi connectivity index (χ3v) is 5.92. The maximum Gasteiger partial charge on any atom is 0.264 e. The van der Waals surface area contributed by atoms with E-state index in [1.54, 1.807) is 6.92 Å². The molecule has 1 heterocycles. The van der Waals surface area contributed by atoms with Crippen LogP contribution in [-0.2, 0) is 16.4 Å². The summed E-state index contributed by atoms with van der Waals surface area (Å²) in [6.45, 7) is 3.65. The highest BCUT2D eigenvalue weighted by molar-refractivity contribution is 7.92. The molecule has 0 spiro atoms. The molecule has 0 aliphatic rings. The quantitative estimate of drug-likeness (QED) is 0.598. The Kier molecular flexibility index (Phi) is 6.12. The van der Waals surface area contributed by atoms with Crippen molar-refractivity contribution in [2.45, 2.75) is 25.2 Å². The second-order valence-electron chi connectivity index (χ2n) is 6.77. The number of anilines is 1. The van der Waals surface area contributed by atoms with Gasteiger partial charge in [0.1, 0.15) is 0 Å². The zero-order chi connectivity index (χ0) is 21.9. The number of aromatic amines is 1. The maximum atomic E-state index is 12.7. The summed E-state index contributed by atoms with van der Waals surface area (Å²) in [5, 5.41) is 0. The lowest BCUT2D eigenvalue weighted by Crippen LogP contribution is -2.22. The number of rotatable bonds is 7. The molecular formula is C21H23N3O5S. The summed E-state index contributed by atoms with van der Waals surface area (Å²) >= 11 is 0. The van der Waals surface area contributed by atoms with Crippen molar-refractivity contribution in [2.24, 2.45) is 0 Å². The number of aryl methyl sites for hydroxylation is 2. The van der Waals surface area contributed by atoms with E-state index >= 15 is 0 Å². The molecule has 8 nitrogen and oxygen atoms in total. The number of methoxy groups -OCH3 is 2. The van der Waals surface area contributed by atoms with Crippen LogP contribution in [0.25, 0.3) is 0 Å². The topological polar surface area (TPSA) is 110 Å². The van der Waals surface area contributed by atoms with Crippen molar-refractivity contribution in [1.29, 1.82) is 0 Å². The molecular weight excluding hydrogens is 406 g/mol. The molecule has 1 aromatic heterocycles. The van der Waals surface area contributed by atoms with Crippen molar-refractivity contribution in [1.82, 2.24) is 9.97 Å². The summed E-state index contributed by atoms with van der Waals surface area (Å²) in [6, 6.07) is 12.0. The SMILES string of the molecule is COc1ccc(S(=O)(=O)Nc2nc(C)c(Cc3cccc(C)c3)c(=O)[nH]2)cc1OC. The second-order valence-corrected chi connectivity index (χ2v) is 8.45. The van der Waals surface area contributed by atoms with Gasteiger partial charge in [0, 0.05) is 18.1 Å². The lowest BCUT2D eigenvalue weighted by Gasteiger charge is -2.12. The summed E-state index contributed by atoms with van der Waals surface area (Å²) in [5.74, 6) is 0.520. The first-order valence-electron chi connectivity index (χ1n) is 9.13. The van der Waals surface area contributed by atoms with E-state index in [4.69, 9.17) is 9.47 Å². The Hall–Kier alpha value is -3.33. The van der Waals surface area contributed by atoms with Crippen LogP contribution in [0.15, 0.2) is 52.2 Å². The van der Waals surface area contributed by atoms with Gasteiger partial charge in [0.2, 0.25) is 5.95 Å². The molecule has 0 bridgehead atoms. The minimum Gasteiger partial charge on any atom is -0.493 e. The molecule has 9 heteroatoms. The molecule has 0 saturated heterocycles. The minimum atomic E-state index is -4.00. The van der Waals surface area contributed by atoms with Gasteiger partial charge in [0.15, 0.2) is 11.5 Å². The fourth-order valence-corrected chi connectivity index (χ4v) is 4.04. The van der Waals surface area contributed by atoms with Gasteiger partial charge in [0.25, 0.3) is 15.6 Å². The van der Waals surface area contributed by atoms with E-state index in [-0.39, 0.29) is 16.6 Å². The van der Waals surface area contributed by atoms with E-state index in [0.29, 0.717) is 23.4 Å². The maximum absolute atomic E-state index is 12.7. The number of H-pyrrole nitrogens is 1. The van der Waals surface area contributed by atoms with E-state index in [2.05, 4.69) is 14.7 Å². The summed E-state index contributed by atoms with van der Waals surface area (Å²) in [4.78, 5) is 19.3. The predicted molar refractivity (Wildman–Crippen MR) is 114 cm³/mol. The van der Waals surface area contributed by atoms with Gasteiger partial charge in [0.05, 0.1) is 24.8 Å². The standard InChI is InChI=1S/C21H23N3O5S/c1-13-6-5-7-15(10-13)11-17-14(2)22-21(23-20(17)25)24-30(26,27)16-8-9-18(28-3)19(12-16)29-4/h5-10,12H,11H2,1-4H3,(H2,22,23,24,25). The number of aromatic nitrogens is 2. The summed E-state index contributed by atoms with van der Waals surface area (Å²) < 4.78 is 38.1. The molecule has 0 saturated carbocycles. The van der Waals surface area contributed by atoms with Crippen LogP contribution in [-0.4, -0.2) is 32.6 Å². The predicted octanol–water partition coefficient (Wildman–Crippen LogP) is 2.80. The Morgan fingerprint density at radius 2 is 1.77 bits per heavy atom. The van der Waals surface area contributed by atoms with Crippen molar-refractivity contribution < 1.29 is 17.9 Å². The van der Waals surface area contributed by atoms with Crippen LogP contribution in [0, 0.1) is 13.8 Å². The molecule has 0 aliphatic carbocycles. The fourth-order valence-electron chi connectivity index (χ4n) is 3.06. The Morgan fingerprint density at radius 3 is 2.40 bits per heavy atom. The van der Waals surface area contributed by atoms with Gasteiger partial charge in [-0.1, -0.05) is 29.8 Å². The first-order valence-corrected chi connectivity index (χ1v) is 10.6. The van der Waals surface area contributed by atoms with E-state index in [1.807, 2.05) is 31.2 Å². The van der Waals surface area contributed by atoms with E-state index < -0.39 is 15.6 Å². The molecule has 3 aromatic rings. The lowest BCUT2D eigenvalue weighted by atomic mass is 10.0. The molecule has 0 fully saturated rings. The molecule has 0 radical (unpaired) electrons. The number of nitrogens with one attached hydrogen (secondary N) is 2. The molecule has 158 valence electrons. The van der Waals surface area contributed by atoms with Gasteiger partial charge in [-0.2, -0.15) is 0 Å². The number of benzene rings is 2. The normalized spacial score (nSPS) is 11.2. The summed E-state index contributed by atoms with van der Waals surface area (Å²) in [7, 11) is -1.13. The number of hydrogen-bond donors (Lipinski definition) is 2. The van der Waals surface area contributed by atoms with Crippen LogP contribution in [0.4, 0.5) is 5.95 Å². The molecule has 0 aliphatic heterocycles. The van der Waals surface area contributed by atoms with Gasteiger partial charge < -0.3 is 9.47 Å². The average Bonchev–Trinajstić information content (AvgIpc) is 2.70. The first-order chi connectivity index (χ1) is 14.2. The zero-order valence-electron chi connectivity index (χ0n) is 17.1. The molecule has 2 N–H and O–H groups in total. The van der Waals surface area contributed by atoms with Crippen molar-refractivity contribution in [2.75, 3.05) is 18.9 Å². The largest absolute Gasteiger partial charge is 0.493 e. The van der Waals surface area contributed by atoms with Crippen LogP contribution in [0.3, 0.4) is 0 Å². The Balaban J connectivity index is 1.89. The van der Waals surface area contributed by atoms with Gasteiger partial charge in [-0.15, -0.1) is 0 Å². The average molecular weight is 429 g/mol. The van der Waals surface area contributed by atoms with E-state index in [0.717, 1.165) is 11.1 Å².